The molecule has 0 aromatic heterocycles. The average molecular weight is 288 g/mol. The second-order valence-corrected chi connectivity index (χ2v) is 7.42. The summed E-state index contributed by atoms with van der Waals surface area (Å²) in [6.45, 7) is 13.2. The lowest BCUT2D eigenvalue weighted by molar-refractivity contribution is 0.289. The summed E-state index contributed by atoms with van der Waals surface area (Å²) in [5, 5.41) is 0. The molecule has 0 amide bonds. The maximum Gasteiger partial charge on any atom is 0.0923 e. The van der Waals surface area contributed by atoms with Gasteiger partial charge in [0, 0.05) is 0 Å². The fraction of sp³-hybridized carbons (Fsp3) is 0.700. The van der Waals surface area contributed by atoms with Gasteiger partial charge in [-0.2, -0.15) is 0 Å². The molecule has 1 aliphatic heterocycles. The lowest BCUT2D eigenvalue weighted by Gasteiger charge is -2.17. The molecule has 1 nitrogen and oxygen atoms in total. The van der Waals surface area contributed by atoms with Crippen LogP contribution in [0.4, 0.5) is 0 Å². The number of epoxide rings is 1. The van der Waals surface area contributed by atoms with Gasteiger partial charge >= 0.3 is 0 Å². The van der Waals surface area contributed by atoms with Crippen molar-refractivity contribution in [2.24, 2.45) is 5.92 Å². The first kappa shape index (κ1) is 16.5. The minimum atomic E-state index is 0.124. The minimum absolute atomic E-state index is 0.124. The molecule has 0 radical (unpaired) electrons. The highest BCUT2D eigenvalue weighted by Gasteiger charge is 2.51. The lowest BCUT2D eigenvalue weighted by atomic mass is 9.86. The standard InChI is InChI=1S/C20H32O/c1-15(2)18-12-11-17(4)9-6-8-16(3)10-7-13-20(5)19(14-18)21-20/h9-10,18-19H,1,6-8,11-14H2,2-5H3/b16-10+,17-9+/t18?,19-,20+/m1/s1. The molecular weight excluding hydrogens is 256 g/mol. The Labute approximate surface area is 131 Å². The fourth-order valence-corrected chi connectivity index (χ4v) is 3.39. The van der Waals surface area contributed by atoms with Crippen molar-refractivity contribution in [2.45, 2.75) is 84.3 Å². The molecule has 118 valence electrons. The second-order valence-electron chi connectivity index (χ2n) is 7.42. The van der Waals surface area contributed by atoms with E-state index in [9.17, 15) is 0 Å². The van der Waals surface area contributed by atoms with Gasteiger partial charge in [-0.15, -0.1) is 0 Å². The van der Waals surface area contributed by atoms with Gasteiger partial charge in [0.1, 0.15) is 0 Å². The van der Waals surface area contributed by atoms with E-state index in [0.717, 1.165) is 19.3 Å². The van der Waals surface area contributed by atoms with Gasteiger partial charge < -0.3 is 4.74 Å². The van der Waals surface area contributed by atoms with Crippen molar-refractivity contribution in [3.05, 3.63) is 35.5 Å². The predicted molar refractivity (Wildman–Crippen MR) is 91.4 cm³/mol. The third-order valence-corrected chi connectivity index (χ3v) is 5.28. The molecule has 0 N–H and O–H groups in total. The number of allylic oxidation sites excluding steroid dienone is 5. The normalized spacial score (nSPS) is 40.0. The summed E-state index contributed by atoms with van der Waals surface area (Å²) in [7, 11) is 0. The highest BCUT2D eigenvalue weighted by atomic mass is 16.6. The molecule has 1 aliphatic carbocycles. The Bertz CT molecular complexity index is 443. The summed E-state index contributed by atoms with van der Waals surface area (Å²) in [5.74, 6) is 0.611. The maximum atomic E-state index is 6.04. The summed E-state index contributed by atoms with van der Waals surface area (Å²) in [4.78, 5) is 0. The van der Waals surface area contributed by atoms with Gasteiger partial charge in [-0.3, -0.25) is 0 Å². The fourth-order valence-electron chi connectivity index (χ4n) is 3.39. The van der Waals surface area contributed by atoms with Crippen LogP contribution in [0.2, 0.25) is 0 Å². The molecule has 0 saturated carbocycles. The predicted octanol–water partition coefficient (Wildman–Crippen LogP) is 5.97. The molecule has 1 heteroatoms. The zero-order valence-corrected chi connectivity index (χ0v) is 14.4. The first-order valence-corrected chi connectivity index (χ1v) is 8.55. The van der Waals surface area contributed by atoms with Crippen molar-refractivity contribution in [1.29, 1.82) is 0 Å². The third-order valence-electron chi connectivity index (χ3n) is 5.28. The van der Waals surface area contributed by atoms with Crippen LogP contribution in [0, 0.1) is 5.92 Å². The number of ether oxygens (including phenoxy) is 1. The smallest absolute Gasteiger partial charge is 0.0923 e. The average Bonchev–Trinajstić information content (AvgIpc) is 3.03. The van der Waals surface area contributed by atoms with Crippen LogP contribution in [0.15, 0.2) is 35.5 Å². The second kappa shape index (κ2) is 6.96. The van der Waals surface area contributed by atoms with Gasteiger partial charge in [0.25, 0.3) is 0 Å². The molecule has 21 heavy (non-hydrogen) atoms. The van der Waals surface area contributed by atoms with Gasteiger partial charge in [-0.05, 0) is 78.6 Å². The van der Waals surface area contributed by atoms with E-state index in [-0.39, 0.29) is 5.60 Å². The van der Waals surface area contributed by atoms with Crippen LogP contribution in [0.3, 0.4) is 0 Å². The summed E-state index contributed by atoms with van der Waals surface area (Å²) in [5.41, 5.74) is 4.50. The molecular formula is C20H32O. The van der Waals surface area contributed by atoms with E-state index in [0.29, 0.717) is 12.0 Å². The van der Waals surface area contributed by atoms with E-state index in [2.05, 4.69) is 46.4 Å². The van der Waals surface area contributed by atoms with E-state index in [1.807, 2.05) is 0 Å². The van der Waals surface area contributed by atoms with Crippen LogP contribution in [-0.4, -0.2) is 11.7 Å². The Hall–Kier alpha value is -0.820. The molecule has 1 fully saturated rings. The Kier molecular flexibility index (Phi) is 5.48. The van der Waals surface area contributed by atoms with E-state index < -0.39 is 0 Å². The van der Waals surface area contributed by atoms with Crippen molar-refractivity contribution in [3.8, 4) is 0 Å². The van der Waals surface area contributed by atoms with Crippen LogP contribution in [0.25, 0.3) is 0 Å². The maximum absolute atomic E-state index is 6.04. The highest BCUT2D eigenvalue weighted by molar-refractivity contribution is 5.10. The van der Waals surface area contributed by atoms with E-state index >= 15 is 0 Å². The number of fused-ring (bicyclic) bond motifs is 1. The Morgan fingerprint density at radius 2 is 1.86 bits per heavy atom. The minimum Gasteiger partial charge on any atom is -0.366 e. The Morgan fingerprint density at radius 3 is 2.57 bits per heavy atom. The molecule has 1 heterocycles. The SMILES string of the molecule is C=C(C)C1CC/C(C)=C/CC/C(C)=C/CC[C@]2(C)O[C@@H]2C1. The number of hydrogen-bond donors (Lipinski definition) is 0. The Balaban J connectivity index is 2.05. The van der Waals surface area contributed by atoms with Gasteiger partial charge in [0.15, 0.2) is 0 Å². The third kappa shape index (κ3) is 4.85. The van der Waals surface area contributed by atoms with Crippen LogP contribution in [-0.2, 0) is 4.74 Å². The van der Waals surface area contributed by atoms with Crippen LogP contribution >= 0.6 is 0 Å². The highest BCUT2D eigenvalue weighted by Crippen LogP contribution is 2.45. The van der Waals surface area contributed by atoms with Crippen molar-refractivity contribution < 1.29 is 4.74 Å². The molecule has 0 aromatic rings. The Morgan fingerprint density at radius 1 is 1.19 bits per heavy atom. The molecule has 2 aliphatic rings. The quantitative estimate of drug-likeness (QED) is 0.427. The first-order chi connectivity index (χ1) is 9.90. The van der Waals surface area contributed by atoms with E-state index in [1.165, 1.54) is 42.4 Å². The van der Waals surface area contributed by atoms with Crippen molar-refractivity contribution >= 4 is 0 Å². The van der Waals surface area contributed by atoms with Crippen molar-refractivity contribution in [2.75, 3.05) is 0 Å². The van der Waals surface area contributed by atoms with Crippen molar-refractivity contribution in [1.82, 2.24) is 0 Å². The van der Waals surface area contributed by atoms with Crippen molar-refractivity contribution in [3.63, 3.8) is 0 Å². The molecule has 3 atom stereocenters. The van der Waals surface area contributed by atoms with Crippen LogP contribution in [0.1, 0.15) is 72.6 Å². The summed E-state index contributed by atoms with van der Waals surface area (Å²) in [6.07, 6.45) is 13.6. The monoisotopic (exact) mass is 288 g/mol. The summed E-state index contributed by atoms with van der Waals surface area (Å²) in [6, 6.07) is 0. The number of hydrogen-bond acceptors (Lipinski definition) is 1. The zero-order chi connectivity index (χ0) is 15.5. The van der Waals surface area contributed by atoms with Gasteiger partial charge in [0.05, 0.1) is 11.7 Å². The lowest BCUT2D eigenvalue weighted by Crippen LogP contribution is -2.14. The topological polar surface area (TPSA) is 12.5 Å². The van der Waals surface area contributed by atoms with Gasteiger partial charge in [-0.25, -0.2) is 0 Å². The molecule has 1 unspecified atom stereocenters. The summed E-state index contributed by atoms with van der Waals surface area (Å²) >= 11 is 0. The van der Waals surface area contributed by atoms with Crippen LogP contribution in [0.5, 0.6) is 0 Å². The molecule has 1 saturated heterocycles. The zero-order valence-electron chi connectivity index (χ0n) is 14.4. The largest absolute Gasteiger partial charge is 0.366 e. The molecule has 0 spiro atoms. The van der Waals surface area contributed by atoms with Crippen LogP contribution < -0.4 is 0 Å². The molecule has 2 rings (SSSR count). The number of rotatable bonds is 1. The van der Waals surface area contributed by atoms with Gasteiger partial charge in [-0.1, -0.05) is 35.5 Å². The van der Waals surface area contributed by atoms with E-state index in [1.54, 1.807) is 0 Å². The van der Waals surface area contributed by atoms with Gasteiger partial charge in [0.2, 0.25) is 0 Å². The van der Waals surface area contributed by atoms with E-state index in [4.69, 9.17) is 4.74 Å². The summed E-state index contributed by atoms with van der Waals surface area (Å²) < 4.78 is 6.04. The molecule has 0 bridgehead atoms. The molecule has 0 aromatic carbocycles. The first-order valence-electron chi connectivity index (χ1n) is 8.55.